The number of furan rings is 1. The number of hydrogen-bond donors (Lipinski definition) is 2. The van der Waals surface area contributed by atoms with E-state index in [9.17, 15) is 20.2 Å². The number of benzene rings is 2. The fraction of sp³-hybridized carbons (Fsp3) is 0.0800. The summed E-state index contributed by atoms with van der Waals surface area (Å²) in [6, 6.07) is 15.8. The number of rotatable bonds is 6. The lowest BCUT2D eigenvalue weighted by atomic mass is 9.82. The molecule has 0 saturated heterocycles. The molecule has 12 heteroatoms. The van der Waals surface area contributed by atoms with Crippen molar-refractivity contribution < 1.29 is 28.3 Å². The molecule has 4 aromatic rings. The summed E-state index contributed by atoms with van der Waals surface area (Å²) < 4.78 is 21.9. The Bertz CT molecular complexity index is 1600. The maximum Gasteiger partial charge on any atom is 0.379 e. The number of allylic oxidation sites excluding steroid dienone is 1. The number of carbonyl (C=O) groups is 1. The van der Waals surface area contributed by atoms with Gasteiger partial charge in [0.1, 0.15) is 11.6 Å². The summed E-state index contributed by atoms with van der Waals surface area (Å²) in [7, 11) is 1.40. The van der Waals surface area contributed by atoms with Crippen molar-refractivity contribution in [2.75, 3.05) is 7.11 Å². The van der Waals surface area contributed by atoms with Gasteiger partial charge in [-0.15, -0.1) is 5.10 Å². The summed E-state index contributed by atoms with van der Waals surface area (Å²) in [6.45, 7) is 0. The Hall–Kier alpha value is -5.57. The normalized spacial score (nSPS) is 14.3. The van der Waals surface area contributed by atoms with E-state index in [0.717, 1.165) is 0 Å². The van der Waals surface area contributed by atoms with Crippen LogP contribution in [0.1, 0.15) is 27.6 Å². The zero-order valence-electron chi connectivity index (χ0n) is 19.1. The number of carbonyl (C=O) groups excluding carboxylic acids is 1. The molecule has 0 radical (unpaired) electrons. The van der Waals surface area contributed by atoms with Crippen LogP contribution in [-0.4, -0.2) is 28.2 Å². The first kappa shape index (κ1) is 23.2. The van der Waals surface area contributed by atoms with Gasteiger partial charge in [-0.1, -0.05) is 24.3 Å². The maximum absolute atomic E-state index is 12.8. The zero-order chi connectivity index (χ0) is 26.1. The first-order valence-corrected chi connectivity index (χ1v) is 10.8. The first-order valence-electron chi connectivity index (χ1n) is 10.8. The maximum atomic E-state index is 12.8. The van der Waals surface area contributed by atoms with Crippen molar-refractivity contribution >= 4 is 11.7 Å². The molecule has 12 nitrogen and oxygen atoms in total. The van der Waals surface area contributed by atoms with Gasteiger partial charge in [-0.25, -0.2) is 4.79 Å². The highest BCUT2D eigenvalue weighted by Crippen LogP contribution is 2.50. The van der Waals surface area contributed by atoms with Crippen LogP contribution in [0.3, 0.4) is 0 Å². The van der Waals surface area contributed by atoms with E-state index in [1.54, 1.807) is 30.3 Å². The van der Waals surface area contributed by atoms with Crippen molar-refractivity contribution in [3.63, 3.8) is 0 Å². The molecule has 5 rings (SSSR count). The summed E-state index contributed by atoms with van der Waals surface area (Å²) >= 11 is 0. The number of esters is 1. The van der Waals surface area contributed by atoms with E-state index in [1.165, 1.54) is 37.6 Å². The number of nitrogens with one attached hydrogen (secondary N) is 1. The highest BCUT2D eigenvalue weighted by atomic mass is 16.6. The standard InChI is InChI=1S/C25H17N5O7/c1-34-17-8-3-7-15(22(17)36-25(31)18-9-4-10-35-18)19-16(12-26)23(27)37-24-20(19)21(28-29-24)13-5-2-6-14(11-13)30(32)33/h2-11,19H,27H2,1H3,(H,28,29). The molecule has 1 unspecified atom stereocenters. The average Bonchev–Trinajstić information content (AvgIpc) is 3.59. The second-order valence-electron chi connectivity index (χ2n) is 7.80. The summed E-state index contributed by atoms with van der Waals surface area (Å²) in [5.41, 5.74) is 7.45. The van der Waals surface area contributed by atoms with E-state index in [1.807, 2.05) is 0 Å². The quantitative estimate of drug-likeness (QED) is 0.170. The molecule has 2 aromatic carbocycles. The Kier molecular flexibility index (Phi) is 5.79. The third-order valence-electron chi connectivity index (χ3n) is 5.74. The zero-order valence-corrected chi connectivity index (χ0v) is 19.1. The number of nitriles is 1. The predicted octanol–water partition coefficient (Wildman–Crippen LogP) is 4.02. The van der Waals surface area contributed by atoms with Crippen LogP contribution in [0.2, 0.25) is 0 Å². The molecule has 1 atom stereocenters. The molecular formula is C25H17N5O7. The second-order valence-corrected chi connectivity index (χ2v) is 7.80. The number of para-hydroxylation sites is 1. The van der Waals surface area contributed by atoms with Gasteiger partial charge in [0.25, 0.3) is 5.69 Å². The number of fused-ring (bicyclic) bond motifs is 1. The van der Waals surface area contributed by atoms with Crippen molar-refractivity contribution in [3.05, 3.63) is 99.3 Å². The molecule has 1 aliphatic rings. The monoisotopic (exact) mass is 499 g/mol. The van der Waals surface area contributed by atoms with Gasteiger partial charge in [-0.3, -0.25) is 15.2 Å². The van der Waals surface area contributed by atoms with Crippen LogP contribution in [0.15, 0.2) is 76.7 Å². The summed E-state index contributed by atoms with van der Waals surface area (Å²) in [4.78, 5) is 23.7. The number of non-ortho nitro benzene ring substituents is 1. The van der Waals surface area contributed by atoms with Gasteiger partial charge in [-0.05, 0) is 18.2 Å². The lowest BCUT2D eigenvalue weighted by Crippen LogP contribution is -2.22. The first-order chi connectivity index (χ1) is 17.9. The van der Waals surface area contributed by atoms with Crippen LogP contribution in [0.25, 0.3) is 11.3 Å². The number of hydrogen-bond acceptors (Lipinski definition) is 10. The molecule has 0 bridgehead atoms. The molecule has 3 heterocycles. The van der Waals surface area contributed by atoms with Crippen LogP contribution in [-0.2, 0) is 0 Å². The number of aromatic amines is 1. The molecular weight excluding hydrogens is 482 g/mol. The lowest BCUT2D eigenvalue weighted by molar-refractivity contribution is -0.384. The van der Waals surface area contributed by atoms with Gasteiger partial charge in [0.15, 0.2) is 11.5 Å². The van der Waals surface area contributed by atoms with Gasteiger partial charge >= 0.3 is 5.97 Å². The van der Waals surface area contributed by atoms with E-state index in [2.05, 4.69) is 16.3 Å². The van der Waals surface area contributed by atoms with Gasteiger partial charge in [0.2, 0.25) is 17.5 Å². The Morgan fingerprint density at radius 1 is 1.24 bits per heavy atom. The minimum Gasteiger partial charge on any atom is -0.493 e. The molecule has 0 amide bonds. The minimum atomic E-state index is -0.934. The van der Waals surface area contributed by atoms with Gasteiger partial charge < -0.3 is 24.4 Å². The Labute approximate surface area is 208 Å². The molecule has 184 valence electrons. The smallest absolute Gasteiger partial charge is 0.379 e. The number of nitro groups is 1. The van der Waals surface area contributed by atoms with Crippen molar-refractivity contribution in [2.45, 2.75) is 5.92 Å². The molecule has 2 aromatic heterocycles. The number of ether oxygens (including phenoxy) is 3. The van der Waals surface area contributed by atoms with E-state index in [4.69, 9.17) is 24.4 Å². The van der Waals surface area contributed by atoms with E-state index in [0.29, 0.717) is 22.4 Å². The summed E-state index contributed by atoms with van der Waals surface area (Å²) in [6.07, 6.45) is 1.33. The topological polar surface area (TPSA) is 180 Å². The van der Waals surface area contributed by atoms with E-state index < -0.39 is 16.8 Å². The molecule has 0 aliphatic carbocycles. The third-order valence-corrected chi connectivity index (χ3v) is 5.74. The van der Waals surface area contributed by atoms with Gasteiger partial charge in [-0.2, -0.15) is 5.26 Å². The highest BCUT2D eigenvalue weighted by molar-refractivity contribution is 5.89. The lowest BCUT2D eigenvalue weighted by Gasteiger charge is -2.26. The molecule has 1 aliphatic heterocycles. The SMILES string of the molecule is COc1cccc(C2C(C#N)=C(N)Oc3n[nH]c(-c4cccc([N+](=O)[O-])c4)c32)c1OC(=O)c1ccco1. The molecule has 0 fully saturated rings. The molecule has 0 spiro atoms. The van der Waals surface area contributed by atoms with Crippen LogP contribution in [0.4, 0.5) is 5.69 Å². The fourth-order valence-corrected chi connectivity index (χ4v) is 4.12. The highest BCUT2D eigenvalue weighted by Gasteiger charge is 2.38. The Morgan fingerprint density at radius 3 is 2.76 bits per heavy atom. The van der Waals surface area contributed by atoms with Crippen LogP contribution in [0, 0.1) is 21.4 Å². The average molecular weight is 499 g/mol. The van der Waals surface area contributed by atoms with Gasteiger partial charge in [0, 0.05) is 23.3 Å². The number of nitrogens with zero attached hydrogens (tertiary/aromatic N) is 3. The van der Waals surface area contributed by atoms with Crippen LogP contribution < -0.4 is 19.9 Å². The van der Waals surface area contributed by atoms with Gasteiger partial charge in [0.05, 0.1) is 35.5 Å². The fourth-order valence-electron chi connectivity index (χ4n) is 4.12. The number of methoxy groups -OCH3 is 1. The summed E-state index contributed by atoms with van der Waals surface area (Å²) in [5.74, 6) is -1.66. The minimum absolute atomic E-state index is 0.0177. The van der Waals surface area contributed by atoms with E-state index in [-0.39, 0.29) is 40.3 Å². The van der Waals surface area contributed by atoms with Crippen LogP contribution >= 0.6 is 0 Å². The number of nitro benzene ring substituents is 1. The summed E-state index contributed by atoms with van der Waals surface area (Å²) in [5, 5.41) is 28.4. The number of H-pyrrole nitrogens is 1. The van der Waals surface area contributed by atoms with Crippen molar-refractivity contribution in [2.24, 2.45) is 5.73 Å². The molecule has 3 N–H and O–H groups in total. The second kappa shape index (κ2) is 9.23. The Balaban J connectivity index is 1.72. The van der Waals surface area contributed by atoms with E-state index >= 15 is 0 Å². The largest absolute Gasteiger partial charge is 0.493 e. The third kappa shape index (κ3) is 4.00. The van der Waals surface area contributed by atoms with Crippen molar-refractivity contribution in [1.82, 2.24) is 10.2 Å². The predicted molar refractivity (Wildman–Crippen MR) is 127 cm³/mol. The van der Waals surface area contributed by atoms with Crippen molar-refractivity contribution in [3.8, 4) is 34.7 Å². The number of nitrogens with two attached hydrogens (primary N) is 1. The molecule has 37 heavy (non-hydrogen) atoms. The van der Waals surface area contributed by atoms with Crippen LogP contribution in [0.5, 0.6) is 17.4 Å². The Morgan fingerprint density at radius 2 is 2.05 bits per heavy atom. The van der Waals surface area contributed by atoms with Crippen molar-refractivity contribution in [1.29, 1.82) is 5.26 Å². The molecule has 0 saturated carbocycles. The number of aromatic nitrogens is 2.